The first-order valence-electron chi connectivity index (χ1n) is 13.3. The van der Waals surface area contributed by atoms with Gasteiger partial charge in [-0.15, -0.1) is 0 Å². The third-order valence-electron chi connectivity index (χ3n) is 8.81. The van der Waals surface area contributed by atoms with Crippen LogP contribution in [0.4, 0.5) is 22.0 Å². The van der Waals surface area contributed by atoms with Crippen LogP contribution in [0.1, 0.15) is 55.7 Å². The van der Waals surface area contributed by atoms with E-state index < -0.39 is 34.5 Å². The highest BCUT2D eigenvalue weighted by atomic mass is 19.2. The van der Waals surface area contributed by atoms with Gasteiger partial charge in [0, 0.05) is 30.6 Å². The fourth-order valence-electron chi connectivity index (χ4n) is 6.77. The maximum absolute atomic E-state index is 14.3. The van der Waals surface area contributed by atoms with Gasteiger partial charge in [-0.2, -0.15) is 0 Å². The van der Waals surface area contributed by atoms with Gasteiger partial charge in [-0.1, -0.05) is 12.1 Å². The Morgan fingerprint density at radius 3 is 1.85 bits per heavy atom. The topological polar surface area (TPSA) is 41.0 Å². The number of hydrogen-bond acceptors (Lipinski definition) is 2. The van der Waals surface area contributed by atoms with Crippen LogP contribution in [-0.2, 0) is 5.41 Å². The van der Waals surface area contributed by atoms with Gasteiger partial charge < -0.3 is 9.88 Å². The molecule has 1 aromatic heterocycles. The second-order valence-corrected chi connectivity index (χ2v) is 10.8. The number of nitrogens with one attached hydrogen (secondary N) is 1. The normalized spacial score (nSPS) is 19.1. The quantitative estimate of drug-likeness (QED) is 0.296. The zero-order valence-corrected chi connectivity index (χ0v) is 21.2. The molecular weight excluding hydrogens is 513 g/mol. The van der Waals surface area contributed by atoms with Crippen LogP contribution in [0.5, 0.6) is 0 Å². The first-order valence-corrected chi connectivity index (χ1v) is 13.3. The first kappa shape index (κ1) is 25.8. The van der Waals surface area contributed by atoms with Crippen molar-refractivity contribution in [1.82, 2.24) is 14.5 Å². The van der Waals surface area contributed by atoms with E-state index in [1.165, 1.54) is 36.4 Å². The summed E-state index contributed by atoms with van der Waals surface area (Å²) in [4.78, 5) is 17.8. The predicted octanol–water partition coefficient (Wildman–Crippen LogP) is 6.59. The molecule has 0 radical (unpaired) electrons. The Morgan fingerprint density at radius 2 is 1.28 bits per heavy atom. The number of H-pyrrole nitrogens is 1. The Bertz CT molecular complexity index is 1530. The summed E-state index contributed by atoms with van der Waals surface area (Å²) in [5.41, 5.74) is 1.29. The van der Waals surface area contributed by atoms with Crippen LogP contribution >= 0.6 is 0 Å². The van der Waals surface area contributed by atoms with E-state index in [2.05, 4.69) is 9.88 Å². The van der Waals surface area contributed by atoms with Crippen molar-refractivity contribution >= 4 is 11.0 Å². The summed E-state index contributed by atoms with van der Waals surface area (Å²) in [5, 5.41) is 0. The summed E-state index contributed by atoms with van der Waals surface area (Å²) in [7, 11) is 0. The lowest BCUT2D eigenvalue weighted by atomic mass is 9.64. The van der Waals surface area contributed by atoms with Gasteiger partial charge in [0.1, 0.15) is 5.82 Å². The molecule has 39 heavy (non-hydrogen) atoms. The minimum Gasteiger partial charge on any atom is -0.305 e. The molecule has 0 bridgehead atoms. The molecule has 1 saturated heterocycles. The molecule has 0 atom stereocenters. The molecule has 204 valence electrons. The highest BCUT2D eigenvalue weighted by molar-refractivity contribution is 5.75. The number of aromatic amines is 1. The maximum atomic E-state index is 14.3. The molecule has 4 nitrogen and oxygen atoms in total. The van der Waals surface area contributed by atoms with Crippen LogP contribution in [0.2, 0.25) is 0 Å². The van der Waals surface area contributed by atoms with E-state index in [4.69, 9.17) is 0 Å². The number of halogens is 5. The van der Waals surface area contributed by atoms with Crippen molar-refractivity contribution in [1.29, 1.82) is 0 Å². The average Bonchev–Trinajstić information content (AvgIpc) is 3.26. The van der Waals surface area contributed by atoms with Crippen molar-refractivity contribution in [3.8, 4) is 0 Å². The Balaban J connectivity index is 1.20. The third-order valence-corrected chi connectivity index (χ3v) is 8.81. The Morgan fingerprint density at radius 1 is 0.692 bits per heavy atom. The molecule has 0 amide bonds. The van der Waals surface area contributed by atoms with Crippen molar-refractivity contribution in [2.24, 2.45) is 0 Å². The zero-order chi connectivity index (χ0) is 27.3. The lowest BCUT2D eigenvalue weighted by Gasteiger charge is -2.46. The number of rotatable bonds is 4. The number of piperidine rings is 1. The zero-order valence-electron chi connectivity index (χ0n) is 21.2. The summed E-state index contributed by atoms with van der Waals surface area (Å²) in [6.07, 6.45) is 4.16. The van der Waals surface area contributed by atoms with Gasteiger partial charge in [0.2, 0.25) is 0 Å². The highest BCUT2D eigenvalue weighted by Gasteiger charge is 2.41. The molecule has 2 heterocycles. The molecule has 9 heteroatoms. The Hall–Kier alpha value is -3.46. The van der Waals surface area contributed by atoms with E-state index in [0.29, 0.717) is 35.0 Å². The number of benzene rings is 3. The van der Waals surface area contributed by atoms with Crippen LogP contribution < -0.4 is 5.69 Å². The van der Waals surface area contributed by atoms with Crippen LogP contribution in [0, 0.1) is 29.1 Å². The van der Waals surface area contributed by atoms with Gasteiger partial charge >= 0.3 is 5.69 Å². The van der Waals surface area contributed by atoms with Gasteiger partial charge in [0.05, 0.1) is 11.0 Å². The van der Waals surface area contributed by atoms with Gasteiger partial charge in [0.15, 0.2) is 23.3 Å². The van der Waals surface area contributed by atoms with E-state index in [9.17, 15) is 26.7 Å². The second kappa shape index (κ2) is 9.93. The summed E-state index contributed by atoms with van der Waals surface area (Å²) in [5.74, 6) is -4.22. The lowest BCUT2D eigenvalue weighted by molar-refractivity contribution is 0.0947. The minimum absolute atomic E-state index is 0.0000216. The van der Waals surface area contributed by atoms with Crippen molar-refractivity contribution in [3.05, 3.63) is 105 Å². The van der Waals surface area contributed by atoms with Gasteiger partial charge in [-0.25, -0.2) is 26.7 Å². The lowest BCUT2D eigenvalue weighted by Crippen LogP contribution is -2.47. The molecule has 0 spiro atoms. The van der Waals surface area contributed by atoms with E-state index in [0.717, 1.165) is 50.9 Å². The minimum atomic E-state index is -0.964. The number of hydrogen-bond donors (Lipinski definition) is 1. The largest absolute Gasteiger partial charge is 0.326 e. The second-order valence-electron chi connectivity index (χ2n) is 10.8. The molecule has 1 aliphatic carbocycles. The molecule has 3 aromatic carbocycles. The average molecular weight is 542 g/mol. The SMILES string of the molecule is O=c1[nH]c2cc(F)ccc2n1C1CCN(C2CCC(c3ccc(F)c(F)c3)(c3ccc(F)c(F)c3)CC2)CC1. The van der Waals surface area contributed by atoms with Crippen molar-refractivity contribution in [2.45, 2.75) is 56.0 Å². The maximum Gasteiger partial charge on any atom is 0.326 e. The van der Waals surface area contributed by atoms with Crippen molar-refractivity contribution < 1.29 is 22.0 Å². The van der Waals surface area contributed by atoms with Gasteiger partial charge in [-0.3, -0.25) is 4.57 Å². The van der Waals surface area contributed by atoms with Crippen molar-refractivity contribution in [3.63, 3.8) is 0 Å². The van der Waals surface area contributed by atoms with E-state index in [-0.39, 0.29) is 17.8 Å². The molecule has 0 unspecified atom stereocenters. The van der Waals surface area contributed by atoms with Crippen LogP contribution in [0.25, 0.3) is 11.0 Å². The molecule has 1 N–H and O–H groups in total. The Kier molecular flexibility index (Phi) is 6.57. The van der Waals surface area contributed by atoms with Crippen molar-refractivity contribution in [2.75, 3.05) is 13.1 Å². The molecule has 6 rings (SSSR count). The standard InChI is InChI=1S/C30H28F5N3O/c31-20-3-6-28-27(17-20)36-29(39)38(28)22-9-13-37(14-10-22)21-7-11-30(12-8-21,18-1-4-23(32)25(34)15-18)19-2-5-24(33)26(35)16-19/h1-6,15-17,21-22H,7-14H2,(H,36,39). The smallest absolute Gasteiger partial charge is 0.305 e. The number of imidazole rings is 1. The molecule has 1 aliphatic heterocycles. The number of nitrogens with zero attached hydrogens (tertiary/aromatic N) is 2. The summed E-state index contributed by atoms with van der Waals surface area (Å²) in [6, 6.07) is 12.2. The van der Waals surface area contributed by atoms with Crippen LogP contribution in [-0.4, -0.2) is 33.6 Å². The fraction of sp³-hybridized carbons (Fsp3) is 0.367. The van der Waals surface area contributed by atoms with E-state index in [1.54, 1.807) is 10.6 Å². The fourth-order valence-corrected chi connectivity index (χ4v) is 6.77. The number of aromatic nitrogens is 2. The molecule has 2 fully saturated rings. The number of fused-ring (bicyclic) bond motifs is 1. The van der Waals surface area contributed by atoms with Crippen LogP contribution in [0.3, 0.4) is 0 Å². The van der Waals surface area contributed by atoms with E-state index >= 15 is 0 Å². The molecule has 2 aliphatic rings. The first-order chi connectivity index (χ1) is 18.7. The monoisotopic (exact) mass is 541 g/mol. The highest BCUT2D eigenvalue weighted by Crippen LogP contribution is 2.47. The molecule has 1 saturated carbocycles. The third kappa shape index (κ3) is 4.56. The summed E-state index contributed by atoms with van der Waals surface area (Å²) in [6.45, 7) is 1.55. The Labute approximate surface area is 222 Å². The van der Waals surface area contributed by atoms with Gasteiger partial charge in [0.25, 0.3) is 0 Å². The molecule has 4 aromatic rings. The predicted molar refractivity (Wildman–Crippen MR) is 138 cm³/mol. The number of likely N-dealkylation sites (tertiary alicyclic amines) is 1. The molecular formula is C30H28F5N3O. The summed E-state index contributed by atoms with van der Waals surface area (Å²) >= 11 is 0. The van der Waals surface area contributed by atoms with Gasteiger partial charge in [-0.05, 0) is 92.1 Å². The van der Waals surface area contributed by atoms with Crippen LogP contribution in [0.15, 0.2) is 59.4 Å². The van der Waals surface area contributed by atoms with E-state index in [1.807, 2.05) is 0 Å². The summed E-state index contributed by atoms with van der Waals surface area (Å²) < 4.78 is 71.4.